The van der Waals surface area contributed by atoms with Crippen LogP contribution in [0.2, 0.25) is 0 Å². The molecule has 0 fully saturated rings. The predicted octanol–water partition coefficient (Wildman–Crippen LogP) is 2.64. The Bertz CT molecular complexity index is 385. The second-order valence-corrected chi connectivity index (χ2v) is 3.70. The van der Waals surface area contributed by atoms with Crippen molar-refractivity contribution in [3.8, 4) is 5.75 Å². The normalized spacial score (nSPS) is 10.3. The molecule has 1 aromatic rings. The average Bonchev–Trinajstić information content (AvgIpc) is 2.25. The highest BCUT2D eigenvalue weighted by Gasteiger charge is 1.98. The lowest BCUT2D eigenvalue weighted by Gasteiger charge is -2.02. The molecule has 80 valence electrons. The first-order valence-corrected chi connectivity index (χ1v) is 5.05. The molecule has 0 amide bonds. The fourth-order valence-corrected chi connectivity index (χ4v) is 1.52. The highest BCUT2D eigenvalue weighted by atomic mass is 79.9. The zero-order chi connectivity index (χ0) is 11.3. The van der Waals surface area contributed by atoms with Crippen LogP contribution in [0.4, 0.5) is 0 Å². The fourth-order valence-electron chi connectivity index (χ4n) is 1.03. The summed E-state index contributed by atoms with van der Waals surface area (Å²) in [6.07, 6.45) is 3.03. The van der Waals surface area contributed by atoms with Crippen molar-refractivity contribution in [3.63, 3.8) is 0 Å². The van der Waals surface area contributed by atoms with Gasteiger partial charge in [-0.1, -0.05) is 15.9 Å². The number of hydrogen-bond acceptors (Lipinski definition) is 3. The Morgan fingerprint density at radius 1 is 1.33 bits per heavy atom. The number of rotatable bonds is 3. The number of methoxy groups -OCH3 is 2. The average molecular weight is 271 g/mol. The Morgan fingerprint density at radius 3 is 2.67 bits per heavy atom. The van der Waals surface area contributed by atoms with Gasteiger partial charge in [-0.2, -0.15) is 0 Å². The van der Waals surface area contributed by atoms with Crippen LogP contribution < -0.4 is 4.74 Å². The summed E-state index contributed by atoms with van der Waals surface area (Å²) in [5.41, 5.74) is 0.867. The Morgan fingerprint density at radius 2 is 2.07 bits per heavy atom. The lowest BCUT2D eigenvalue weighted by Crippen LogP contribution is -1.93. The molecule has 0 aromatic heterocycles. The molecule has 0 aliphatic rings. The molecule has 3 nitrogen and oxygen atoms in total. The summed E-state index contributed by atoms with van der Waals surface area (Å²) >= 11 is 3.35. The first-order chi connectivity index (χ1) is 7.15. The van der Waals surface area contributed by atoms with E-state index in [2.05, 4.69) is 20.7 Å². The molecule has 0 saturated heterocycles. The van der Waals surface area contributed by atoms with Gasteiger partial charge in [0, 0.05) is 10.5 Å². The van der Waals surface area contributed by atoms with E-state index in [-0.39, 0.29) is 5.97 Å². The van der Waals surface area contributed by atoms with Crippen LogP contribution >= 0.6 is 15.9 Å². The maximum atomic E-state index is 10.9. The van der Waals surface area contributed by atoms with Crippen LogP contribution in [0.3, 0.4) is 0 Å². The van der Waals surface area contributed by atoms with E-state index in [4.69, 9.17) is 4.74 Å². The van der Waals surface area contributed by atoms with E-state index in [9.17, 15) is 4.79 Å². The molecule has 15 heavy (non-hydrogen) atoms. The molecule has 0 N–H and O–H groups in total. The van der Waals surface area contributed by atoms with Gasteiger partial charge in [0.25, 0.3) is 0 Å². The molecular formula is C11H11BrO3. The Balaban J connectivity index is 2.90. The molecule has 1 aromatic carbocycles. The summed E-state index contributed by atoms with van der Waals surface area (Å²) in [5.74, 6) is 0.350. The second kappa shape index (κ2) is 5.56. The van der Waals surface area contributed by atoms with Gasteiger partial charge >= 0.3 is 5.97 Å². The van der Waals surface area contributed by atoms with Crippen molar-refractivity contribution in [2.45, 2.75) is 0 Å². The van der Waals surface area contributed by atoms with Crippen LogP contribution in [-0.4, -0.2) is 20.2 Å². The third-order valence-electron chi connectivity index (χ3n) is 1.74. The minimum absolute atomic E-state index is 0.381. The summed E-state index contributed by atoms with van der Waals surface area (Å²) in [6.45, 7) is 0. The van der Waals surface area contributed by atoms with E-state index >= 15 is 0 Å². The van der Waals surface area contributed by atoms with Crippen molar-refractivity contribution < 1.29 is 14.3 Å². The number of carbonyl (C=O) groups excluding carboxylic acids is 1. The lowest BCUT2D eigenvalue weighted by molar-refractivity contribution is -0.134. The number of carbonyl (C=O) groups is 1. The maximum Gasteiger partial charge on any atom is 0.330 e. The van der Waals surface area contributed by atoms with Gasteiger partial charge in [-0.15, -0.1) is 0 Å². The molecule has 0 atom stereocenters. The smallest absolute Gasteiger partial charge is 0.330 e. The van der Waals surface area contributed by atoms with Gasteiger partial charge in [0.1, 0.15) is 5.75 Å². The number of ether oxygens (including phenoxy) is 2. The largest absolute Gasteiger partial charge is 0.497 e. The molecule has 0 unspecified atom stereocenters. The molecular weight excluding hydrogens is 260 g/mol. The van der Waals surface area contributed by atoms with Crippen molar-refractivity contribution in [2.24, 2.45) is 0 Å². The summed E-state index contributed by atoms with van der Waals surface area (Å²) in [7, 11) is 2.93. The van der Waals surface area contributed by atoms with Crippen LogP contribution in [0.15, 0.2) is 28.7 Å². The Hall–Kier alpha value is -1.29. The van der Waals surface area contributed by atoms with Crippen LogP contribution in [0.5, 0.6) is 5.75 Å². The van der Waals surface area contributed by atoms with Gasteiger partial charge < -0.3 is 9.47 Å². The Kier molecular flexibility index (Phi) is 4.37. The number of hydrogen-bond donors (Lipinski definition) is 0. The van der Waals surface area contributed by atoms with E-state index < -0.39 is 0 Å². The predicted molar refractivity (Wildman–Crippen MR) is 61.7 cm³/mol. The molecule has 4 heteroatoms. The van der Waals surface area contributed by atoms with Crippen molar-refractivity contribution >= 4 is 28.0 Å². The van der Waals surface area contributed by atoms with E-state index in [1.54, 1.807) is 13.2 Å². The van der Waals surface area contributed by atoms with Gasteiger partial charge in [-0.25, -0.2) is 4.79 Å². The second-order valence-electron chi connectivity index (χ2n) is 2.78. The molecule has 0 bridgehead atoms. The summed E-state index contributed by atoms with van der Waals surface area (Å²) in [4.78, 5) is 10.9. The van der Waals surface area contributed by atoms with Crippen LogP contribution in [0.25, 0.3) is 6.08 Å². The molecule has 1 rings (SSSR count). The van der Waals surface area contributed by atoms with Crippen molar-refractivity contribution in [1.82, 2.24) is 0 Å². The van der Waals surface area contributed by atoms with Gasteiger partial charge in [-0.3, -0.25) is 0 Å². The first kappa shape index (κ1) is 11.8. The standard InChI is InChI=1S/C11H11BrO3/c1-14-10-6-8(5-9(12)7-10)3-4-11(13)15-2/h3-7H,1-2H3/b4-3+. The number of halogens is 1. The summed E-state index contributed by atoms with van der Waals surface area (Å²) < 4.78 is 10.5. The molecule has 0 saturated carbocycles. The van der Waals surface area contributed by atoms with E-state index in [1.165, 1.54) is 13.2 Å². The molecule has 0 heterocycles. The highest BCUT2D eigenvalue weighted by Crippen LogP contribution is 2.21. The van der Waals surface area contributed by atoms with E-state index in [1.807, 2.05) is 18.2 Å². The van der Waals surface area contributed by atoms with Gasteiger partial charge in [0.15, 0.2) is 0 Å². The van der Waals surface area contributed by atoms with E-state index in [0.717, 1.165) is 15.8 Å². The molecule has 0 aliphatic carbocycles. The third kappa shape index (κ3) is 3.75. The summed E-state index contributed by atoms with van der Waals surface area (Å²) in [5, 5.41) is 0. The highest BCUT2D eigenvalue weighted by molar-refractivity contribution is 9.10. The minimum Gasteiger partial charge on any atom is -0.497 e. The number of esters is 1. The zero-order valence-electron chi connectivity index (χ0n) is 8.49. The zero-order valence-corrected chi connectivity index (χ0v) is 10.1. The van der Waals surface area contributed by atoms with Crippen molar-refractivity contribution in [3.05, 3.63) is 34.3 Å². The van der Waals surface area contributed by atoms with Gasteiger partial charge in [-0.05, 0) is 29.8 Å². The molecule has 0 aliphatic heterocycles. The van der Waals surface area contributed by atoms with Crippen molar-refractivity contribution in [1.29, 1.82) is 0 Å². The van der Waals surface area contributed by atoms with Crippen molar-refractivity contribution in [2.75, 3.05) is 14.2 Å². The summed E-state index contributed by atoms with van der Waals surface area (Å²) in [6, 6.07) is 5.54. The number of benzene rings is 1. The van der Waals surface area contributed by atoms with E-state index in [0.29, 0.717) is 0 Å². The maximum absolute atomic E-state index is 10.9. The Labute approximate surface area is 96.8 Å². The quantitative estimate of drug-likeness (QED) is 0.626. The van der Waals surface area contributed by atoms with Gasteiger partial charge in [0.2, 0.25) is 0 Å². The molecule has 0 spiro atoms. The lowest BCUT2D eigenvalue weighted by atomic mass is 10.2. The SMILES string of the molecule is COC(=O)/C=C/c1cc(Br)cc(OC)c1. The van der Waals surface area contributed by atoms with Crippen LogP contribution in [-0.2, 0) is 9.53 Å². The molecule has 0 radical (unpaired) electrons. The monoisotopic (exact) mass is 270 g/mol. The third-order valence-corrected chi connectivity index (χ3v) is 2.20. The topological polar surface area (TPSA) is 35.5 Å². The van der Waals surface area contributed by atoms with Crippen LogP contribution in [0, 0.1) is 0 Å². The minimum atomic E-state index is -0.381. The van der Waals surface area contributed by atoms with Gasteiger partial charge in [0.05, 0.1) is 14.2 Å². The van der Waals surface area contributed by atoms with Crippen LogP contribution in [0.1, 0.15) is 5.56 Å². The fraction of sp³-hybridized carbons (Fsp3) is 0.182. The first-order valence-electron chi connectivity index (χ1n) is 4.26.